The van der Waals surface area contributed by atoms with Gasteiger partial charge in [-0.2, -0.15) is 13.2 Å². The van der Waals surface area contributed by atoms with Gasteiger partial charge >= 0.3 is 12.1 Å². The van der Waals surface area contributed by atoms with Crippen molar-refractivity contribution in [3.05, 3.63) is 35.9 Å². The molecule has 1 aromatic rings. The fourth-order valence-electron chi connectivity index (χ4n) is 2.82. The summed E-state index contributed by atoms with van der Waals surface area (Å²) in [5.74, 6) is -4.24. The Labute approximate surface area is 131 Å². The van der Waals surface area contributed by atoms with Crippen molar-refractivity contribution in [3.8, 4) is 0 Å². The van der Waals surface area contributed by atoms with Gasteiger partial charge in [-0.25, -0.2) is 0 Å². The normalized spacial score (nSPS) is 20.1. The van der Waals surface area contributed by atoms with E-state index in [2.05, 4.69) is 0 Å². The Hall–Kier alpha value is -2.05. The lowest BCUT2D eigenvalue weighted by Gasteiger charge is -2.32. The second-order valence-electron chi connectivity index (χ2n) is 5.73. The first-order valence-electron chi connectivity index (χ1n) is 7.41. The molecule has 0 radical (unpaired) electrons. The van der Waals surface area contributed by atoms with E-state index in [1.54, 1.807) is 6.07 Å². The van der Waals surface area contributed by atoms with Crippen LogP contribution in [0.15, 0.2) is 30.3 Å². The van der Waals surface area contributed by atoms with Gasteiger partial charge in [0.2, 0.25) is 5.91 Å². The van der Waals surface area contributed by atoms with Gasteiger partial charge in [0.15, 0.2) is 0 Å². The third kappa shape index (κ3) is 4.46. The third-order valence-corrected chi connectivity index (χ3v) is 4.10. The number of carboxylic acids is 1. The van der Waals surface area contributed by atoms with Gasteiger partial charge in [-0.3, -0.25) is 9.59 Å². The van der Waals surface area contributed by atoms with Gasteiger partial charge < -0.3 is 10.0 Å². The number of carbonyl (C=O) groups excluding carboxylic acids is 1. The number of carboxylic acid groups (broad SMARTS) is 1. The average Bonchev–Trinajstić information content (AvgIpc) is 2.52. The van der Waals surface area contributed by atoms with E-state index in [9.17, 15) is 22.8 Å². The van der Waals surface area contributed by atoms with E-state index < -0.39 is 36.3 Å². The summed E-state index contributed by atoms with van der Waals surface area (Å²) in [5, 5.41) is 9.01. The minimum absolute atomic E-state index is 0.0203. The van der Waals surface area contributed by atoms with Crippen LogP contribution in [0.3, 0.4) is 0 Å². The molecule has 2 rings (SSSR count). The summed E-state index contributed by atoms with van der Waals surface area (Å²) in [6.07, 6.45) is -4.29. The maximum absolute atomic E-state index is 13.3. The molecule has 0 bridgehead atoms. The molecule has 1 amide bonds. The highest BCUT2D eigenvalue weighted by molar-refractivity contribution is 5.79. The molecule has 1 fully saturated rings. The van der Waals surface area contributed by atoms with E-state index in [-0.39, 0.29) is 12.1 Å². The van der Waals surface area contributed by atoms with E-state index in [0.717, 1.165) is 0 Å². The summed E-state index contributed by atoms with van der Waals surface area (Å²) >= 11 is 0. The molecule has 0 aliphatic carbocycles. The SMILES string of the molecule is O=C(O)C1CCCN(C(=O)CC(c2ccccc2)C(F)(F)F)C1. The zero-order valence-corrected chi connectivity index (χ0v) is 12.4. The first-order chi connectivity index (χ1) is 10.8. The lowest BCUT2D eigenvalue weighted by Crippen LogP contribution is -2.43. The molecule has 126 valence electrons. The van der Waals surface area contributed by atoms with Gasteiger partial charge in [0.25, 0.3) is 0 Å². The monoisotopic (exact) mass is 329 g/mol. The van der Waals surface area contributed by atoms with Crippen LogP contribution in [-0.4, -0.2) is 41.1 Å². The Kier molecular flexibility index (Phi) is 5.28. The first kappa shape index (κ1) is 17.3. The Morgan fingerprint density at radius 3 is 2.48 bits per heavy atom. The molecule has 4 nitrogen and oxygen atoms in total. The zero-order chi connectivity index (χ0) is 17.0. The zero-order valence-electron chi connectivity index (χ0n) is 12.4. The predicted octanol–water partition coefficient (Wildman–Crippen LogP) is 3.05. The second-order valence-corrected chi connectivity index (χ2v) is 5.73. The van der Waals surface area contributed by atoms with Crippen LogP contribution in [0.4, 0.5) is 13.2 Å². The van der Waals surface area contributed by atoms with Gasteiger partial charge in [-0.1, -0.05) is 30.3 Å². The molecular formula is C16H18F3NO3. The molecule has 0 spiro atoms. The van der Waals surface area contributed by atoms with E-state index >= 15 is 0 Å². The molecular weight excluding hydrogens is 311 g/mol. The Balaban J connectivity index is 2.10. The number of halogens is 3. The van der Waals surface area contributed by atoms with Gasteiger partial charge in [0.05, 0.1) is 11.8 Å². The number of benzene rings is 1. The molecule has 2 atom stereocenters. The topological polar surface area (TPSA) is 57.6 Å². The van der Waals surface area contributed by atoms with Crippen LogP contribution in [0.1, 0.15) is 30.7 Å². The Morgan fingerprint density at radius 2 is 1.91 bits per heavy atom. The number of alkyl halides is 3. The first-order valence-corrected chi connectivity index (χ1v) is 7.41. The molecule has 1 N–H and O–H groups in total. The maximum Gasteiger partial charge on any atom is 0.396 e. The fraction of sp³-hybridized carbons (Fsp3) is 0.500. The molecule has 7 heteroatoms. The number of likely N-dealkylation sites (tertiary alicyclic amines) is 1. The van der Waals surface area contributed by atoms with Gasteiger partial charge in [0, 0.05) is 19.5 Å². The van der Waals surface area contributed by atoms with Gasteiger partial charge in [-0.05, 0) is 18.4 Å². The fourth-order valence-corrected chi connectivity index (χ4v) is 2.82. The van der Waals surface area contributed by atoms with Gasteiger partial charge in [0.1, 0.15) is 0 Å². The van der Waals surface area contributed by atoms with Gasteiger partial charge in [-0.15, -0.1) is 0 Å². The van der Waals surface area contributed by atoms with Crippen molar-refractivity contribution in [1.29, 1.82) is 0 Å². The number of nitrogens with zero attached hydrogens (tertiary/aromatic N) is 1. The van der Waals surface area contributed by atoms with Crippen molar-refractivity contribution in [1.82, 2.24) is 4.90 Å². The molecule has 2 unspecified atom stereocenters. The molecule has 1 aliphatic heterocycles. The molecule has 1 aliphatic rings. The lowest BCUT2D eigenvalue weighted by atomic mass is 9.93. The molecule has 0 aromatic heterocycles. The number of rotatable bonds is 4. The van der Waals surface area contributed by atoms with Crippen LogP contribution in [0.25, 0.3) is 0 Å². The van der Waals surface area contributed by atoms with Crippen molar-refractivity contribution in [2.75, 3.05) is 13.1 Å². The van der Waals surface area contributed by atoms with Crippen molar-refractivity contribution < 1.29 is 27.9 Å². The van der Waals surface area contributed by atoms with E-state index in [0.29, 0.717) is 19.4 Å². The van der Waals surface area contributed by atoms with Crippen molar-refractivity contribution in [3.63, 3.8) is 0 Å². The number of hydrogen-bond donors (Lipinski definition) is 1. The number of aliphatic carboxylic acids is 1. The largest absolute Gasteiger partial charge is 0.481 e. The predicted molar refractivity (Wildman–Crippen MR) is 76.8 cm³/mol. The number of carbonyl (C=O) groups is 2. The summed E-state index contributed by atoms with van der Waals surface area (Å²) in [6.45, 7) is 0.287. The van der Waals surface area contributed by atoms with Crippen LogP contribution in [-0.2, 0) is 9.59 Å². The number of hydrogen-bond acceptors (Lipinski definition) is 2. The molecule has 0 saturated carbocycles. The highest BCUT2D eigenvalue weighted by Crippen LogP contribution is 2.38. The standard InChI is InChI=1S/C16H18F3NO3/c17-16(18,19)13(11-5-2-1-3-6-11)9-14(21)20-8-4-7-12(10-20)15(22)23/h1-3,5-6,12-13H,4,7-10H2,(H,22,23). The molecule has 1 aromatic carbocycles. The van der Waals surface area contributed by atoms with Crippen LogP contribution in [0.5, 0.6) is 0 Å². The maximum atomic E-state index is 13.3. The summed E-state index contributed by atoms with van der Waals surface area (Å²) in [7, 11) is 0. The minimum Gasteiger partial charge on any atom is -0.481 e. The third-order valence-electron chi connectivity index (χ3n) is 4.10. The summed E-state index contributed by atoms with van der Waals surface area (Å²) in [4.78, 5) is 24.5. The summed E-state index contributed by atoms with van der Waals surface area (Å²) in [5.41, 5.74) is 0.0418. The Bertz CT molecular complexity index is 559. The van der Waals surface area contributed by atoms with Crippen molar-refractivity contribution in [2.24, 2.45) is 5.92 Å². The van der Waals surface area contributed by atoms with Crippen LogP contribution >= 0.6 is 0 Å². The number of amides is 1. The quantitative estimate of drug-likeness (QED) is 0.924. The average molecular weight is 329 g/mol. The lowest BCUT2D eigenvalue weighted by molar-refractivity contribution is -0.162. The number of piperidine rings is 1. The highest BCUT2D eigenvalue weighted by Gasteiger charge is 2.43. The van der Waals surface area contributed by atoms with Crippen LogP contribution in [0, 0.1) is 5.92 Å². The van der Waals surface area contributed by atoms with Crippen molar-refractivity contribution in [2.45, 2.75) is 31.4 Å². The van der Waals surface area contributed by atoms with E-state index in [1.165, 1.54) is 29.2 Å². The molecule has 1 saturated heterocycles. The van der Waals surface area contributed by atoms with E-state index in [1.807, 2.05) is 0 Å². The van der Waals surface area contributed by atoms with E-state index in [4.69, 9.17) is 5.11 Å². The van der Waals surface area contributed by atoms with Crippen LogP contribution in [0.2, 0.25) is 0 Å². The summed E-state index contributed by atoms with van der Waals surface area (Å²) in [6, 6.07) is 7.31. The molecule has 23 heavy (non-hydrogen) atoms. The highest BCUT2D eigenvalue weighted by atomic mass is 19.4. The molecule has 1 heterocycles. The smallest absolute Gasteiger partial charge is 0.396 e. The second kappa shape index (κ2) is 7.02. The van der Waals surface area contributed by atoms with Crippen LogP contribution < -0.4 is 0 Å². The Morgan fingerprint density at radius 1 is 1.26 bits per heavy atom. The minimum atomic E-state index is -4.53. The summed E-state index contributed by atoms with van der Waals surface area (Å²) < 4.78 is 39.8. The van der Waals surface area contributed by atoms with Crippen molar-refractivity contribution >= 4 is 11.9 Å².